The van der Waals surface area contributed by atoms with E-state index in [-0.39, 0.29) is 16.5 Å². The maximum Gasteiger partial charge on any atom is 0.335 e. The summed E-state index contributed by atoms with van der Waals surface area (Å²) >= 11 is 0. The van der Waals surface area contributed by atoms with Gasteiger partial charge >= 0.3 is 5.97 Å². The first-order valence-corrected chi connectivity index (χ1v) is 8.54. The van der Waals surface area contributed by atoms with Crippen molar-refractivity contribution < 1.29 is 18.3 Å². The lowest BCUT2D eigenvalue weighted by Gasteiger charge is -2.16. The van der Waals surface area contributed by atoms with Gasteiger partial charge in [-0.05, 0) is 37.5 Å². The van der Waals surface area contributed by atoms with E-state index in [0.717, 1.165) is 19.5 Å². The first kappa shape index (κ1) is 14.5. The lowest BCUT2D eigenvalue weighted by molar-refractivity contribution is 0.0696. The van der Waals surface area contributed by atoms with Gasteiger partial charge in [-0.15, -0.1) is 0 Å². The fourth-order valence-electron chi connectivity index (χ4n) is 2.74. The van der Waals surface area contributed by atoms with E-state index in [1.807, 2.05) is 0 Å². The van der Waals surface area contributed by atoms with Crippen molar-refractivity contribution in [2.45, 2.75) is 36.2 Å². The van der Waals surface area contributed by atoms with Crippen molar-refractivity contribution in [2.24, 2.45) is 0 Å². The summed E-state index contributed by atoms with van der Waals surface area (Å²) in [5.74, 6) is -1.13. The molecule has 1 aromatic rings. The molecule has 1 heterocycles. The second kappa shape index (κ2) is 5.40. The van der Waals surface area contributed by atoms with Gasteiger partial charge in [0, 0.05) is 25.2 Å². The number of likely N-dealkylation sites (tertiary alicyclic amines) is 1. The van der Waals surface area contributed by atoms with Crippen LogP contribution in [-0.4, -0.2) is 49.6 Å². The van der Waals surface area contributed by atoms with Crippen LogP contribution in [0, 0.1) is 0 Å². The Labute approximate surface area is 123 Å². The molecule has 1 saturated carbocycles. The number of sulfonamides is 1. The maximum atomic E-state index is 12.3. The third-order valence-electron chi connectivity index (χ3n) is 4.00. The van der Waals surface area contributed by atoms with Gasteiger partial charge < -0.3 is 5.11 Å². The highest BCUT2D eigenvalue weighted by atomic mass is 32.2. The Morgan fingerprint density at radius 3 is 2.71 bits per heavy atom. The zero-order valence-corrected chi connectivity index (χ0v) is 12.3. The molecule has 0 aromatic heterocycles. The zero-order chi connectivity index (χ0) is 15.0. The molecule has 0 bridgehead atoms. The van der Waals surface area contributed by atoms with E-state index in [4.69, 9.17) is 5.11 Å². The van der Waals surface area contributed by atoms with Crippen molar-refractivity contribution in [2.75, 3.05) is 13.1 Å². The molecule has 1 aliphatic carbocycles. The number of rotatable bonds is 5. The average molecular weight is 310 g/mol. The average Bonchev–Trinajstić information content (AvgIpc) is 3.20. The van der Waals surface area contributed by atoms with E-state index >= 15 is 0 Å². The molecule has 2 aliphatic rings. The summed E-state index contributed by atoms with van der Waals surface area (Å²) in [6, 6.07) is 5.98. The van der Waals surface area contributed by atoms with Gasteiger partial charge in [0.15, 0.2) is 0 Å². The van der Waals surface area contributed by atoms with Crippen LogP contribution in [0.25, 0.3) is 0 Å². The number of aromatic carboxylic acids is 1. The SMILES string of the molecule is O=C(O)c1cccc(S(=O)(=O)NC2CCN(C3CC3)C2)c1. The minimum Gasteiger partial charge on any atom is -0.478 e. The quantitative estimate of drug-likeness (QED) is 0.844. The van der Waals surface area contributed by atoms with E-state index < -0.39 is 16.0 Å². The van der Waals surface area contributed by atoms with Crippen molar-refractivity contribution in [1.82, 2.24) is 9.62 Å². The number of benzene rings is 1. The molecule has 7 heteroatoms. The third-order valence-corrected chi connectivity index (χ3v) is 5.51. The summed E-state index contributed by atoms with van der Waals surface area (Å²) in [6.45, 7) is 1.66. The van der Waals surface area contributed by atoms with Crippen molar-refractivity contribution in [3.63, 3.8) is 0 Å². The number of carboxylic acids is 1. The normalized spacial score (nSPS) is 23.3. The topological polar surface area (TPSA) is 86.7 Å². The fraction of sp³-hybridized carbons (Fsp3) is 0.500. The molecule has 0 radical (unpaired) electrons. The van der Waals surface area contributed by atoms with E-state index in [9.17, 15) is 13.2 Å². The number of carbonyl (C=O) groups is 1. The Hall–Kier alpha value is -1.44. The molecular formula is C14H18N2O4S. The van der Waals surface area contributed by atoms with Gasteiger partial charge in [0.2, 0.25) is 10.0 Å². The zero-order valence-electron chi connectivity index (χ0n) is 11.5. The van der Waals surface area contributed by atoms with E-state index in [2.05, 4.69) is 9.62 Å². The third kappa shape index (κ3) is 3.25. The van der Waals surface area contributed by atoms with Gasteiger partial charge in [-0.3, -0.25) is 4.90 Å². The first-order chi connectivity index (χ1) is 9.95. The summed E-state index contributed by atoms with van der Waals surface area (Å²) in [6.07, 6.45) is 3.22. The molecule has 6 nitrogen and oxygen atoms in total. The number of carboxylic acid groups (broad SMARTS) is 1. The van der Waals surface area contributed by atoms with Crippen molar-refractivity contribution in [3.05, 3.63) is 29.8 Å². The maximum absolute atomic E-state index is 12.3. The van der Waals surface area contributed by atoms with Crippen LogP contribution in [0.15, 0.2) is 29.2 Å². The van der Waals surface area contributed by atoms with Gasteiger partial charge in [-0.2, -0.15) is 0 Å². The summed E-state index contributed by atoms with van der Waals surface area (Å²) in [7, 11) is -3.67. The highest BCUT2D eigenvalue weighted by Crippen LogP contribution is 2.30. The van der Waals surface area contributed by atoms with E-state index in [0.29, 0.717) is 6.04 Å². The Kier molecular flexibility index (Phi) is 3.73. The monoisotopic (exact) mass is 310 g/mol. The fourth-order valence-corrected chi connectivity index (χ4v) is 4.05. The van der Waals surface area contributed by atoms with Crippen molar-refractivity contribution in [1.29, 1.82) is 0 Å². The Balaban J connectivity index is 1.71. The molecule has 1 aromatic carbocycles. The molecule has 1 atom stereocenters. The van der Waals surface area contributed by atoms with Crippen LogP contribution in [0.2, 0.25) is 0 Å². The van der Waals surface area contributed by atoms with Crippen molar-refractivity contribution >= 4 is 16.0 Å². The molecule has 1 saturated heterocycles. The molecule has 3 rings (SSSR count). The highest BCUT2D eigenvalue weighted by Gasteiger charge is 2.35. The number of nitrogens with zero attached hydrogens (tertiary/aromatic N) is 1. The predicted octanol–water partition coefficient (Wildman–Crippen LogP) is 0.900. The number of hydrogen-bond donors (Lipinski definition) is 2. The van der Waals surface area contributed by atoms with Gasteiger partial charge in [0.1, 0.15) is 0 Å². The molecule has 0 spiro atoms. The first-order valence-electron chi connectivity index (χ1n) is 7.05. The molecule has 2 fully saturated rings. The summed E-state index contributed by atoms with van der Waals surface area (Å²) < 4.78 is 27.4. The minimum atomic E-state index is -3.67. The smallest absolute Gasteiger partial charge is 0.335 e. The Morgan fingerprint density at radius 2 is 2.05 bits per heavy atom. The lowest BCUT2D eigenvalue weighted by atomic mass is 10.2. The molecule has 1 aliphatic heterocycles. The van der Waals surface area contributed by atoms with Crippen LogP contribution < -0.4 is 4.72 Å². The van der Waals surface area contributed by atoms with Gasteiger partial charge in [0.05, 0.1) is 10.5 Å². The molecule has 2 N–H and O–H groups in total. The Morgan fingerprint density at radius 1 is 1.29 bits per heavy atom. The van der Waals surface area contributed by atoms with Crippen LogP contribution in [0.1, 0.15) is 29.6 Å². The standard InChI is InChI=1S/C14H18N2O4S/c17-14(18)10-2-1-3-13(8-10)21(19,20)15-11-6-7-16(9-11)12-4-5-12/h1-3,8,11-12,15H,4-7,9H2,(H,17,18). The van der Waals surface area contributed by atoms with Crippen LogP contribution in [0.3, 0.4) is 0 Å². The lowest BCUT2D eigenvalue weighted by Crippen LogP contribution is -2.37. The van der Waals surface area contributed by atoms with E-state index in [1.54, 1.807) is 0 Å². The molecule has 114 valence electrons. The Bertz CT molecular complexity index is 655. The number of hydrogen-bond acceptors (Lipinski definition) is 4. The minimum absolute atomic E-state index is 0.00673. The van der Waals surface area contributed by atoms with Crippen LogP contribution >= 0.6 is 0 Å². The molecule has 0 amide bonds. The second-order valence-electron chi connectivity index (χ2n) is 5.67. The largest absolute Gasteiger partial charge is 0.478 e. The molecular weight excluding hydrogens is 292 g/mol. The number of nitrogens with one attached hydrogen (secondary N) is 1. The second-order valence-corrected chi connectivity index (χ2v) is 7.38. The van der Waals surface area contributed by atoms with Crippen LogP contribution in [0.5, 0.6) is 0 Å². The van der Waals surface area contributed by atoms with Crippen molar-refractivity contribution in [3.8, 4) is 0 Å². The summed E-state index contributed by atoms with van der Waals surface area (Å²) in [4.78, 5) is 13.3. The predicted molar refractivity (Wildman–Crippen MR) is 76.7 cm³/mol. The molecule has 21 heavy (non-hydrogen) atoms. The van der Waals surface area contributed by atoms with Crippen LogP contribution in [-0.2, 0) is 10.0 Å². The summed E-state index contributed by atoms with van der Waals surface area (Å²) in [5, 5.41) is 8.94. The van der Waals surface area contributed by atoms with E-state index in [1.165, 1.54) is 37.1 Å². The molecule has 1 unspecified atom stereocenters. The highest BCUT2D eigenvalue weighted by molar-refractivity contribution is 7.89. The van der Waals surface area contributed by atoms with Gasteiger partial charge in [-0.25, -0.2) is 17.9 Å². The van der Waals surface area contributed by atoms with Gasteiger partial charge in [-0.1, -0.05) is 6.07 Å². The van der Waals surface area contributed by atoms with Gasteiger partial charge in [0.25, 0.3) is 0 Å². The summed E-state index contributed by atoms with van der Waals surface area (Å²) in [5.41, 5.74) is -0.0242. The van der Waals surface area contributed by atoms with Crippen LogP contribution in [0.4, 0.5) is 0 Å².